The van der Waals surface area contributed by atoms with Gasteiger partial charge < -0.3 is 10.6 Å². The Morgan fingerprint density at radius 1 is 0.941 bits per heavy atom. The number of carbonyl (C=O) groups excluding carboxylic acids is 3. The zero-order chi connectivity index (χ0) is 24.1. The van der Waals surface area contributed by atoms with Crippen LogP contribution in [0.4, 0.5) is 19.3 Å². The molecule has 1 aliphatic rings. The normalized spacial score (nSPS) is 17.7. The van der Waals surface area contributed by atoms with Crippen molar-refractivity contribution < 1.29 is 23.2 Å². The molecule has 0 spiro atoms. The number of imide groups is 1. The van der Waals surface area contributed by atoms with Gasteiger partial charge >= 0.3 is 6.03 Å². The van der Waals surface area contributed by atoms with Crippen molar-refractivity contribution in [2.75, 3.05) is 11.9 Å². The Morgan fingerprint density at radius 3 is 2.18 bits per heavy atom. The molecular formula is C25H21F2N3O3S. The van der Waals surface area contributed by atoms with Crippen LogP contribution in [0.5, 0.6) is 0 Å². The van der Waals surface area contributed by atoms with Crippen LogP contribution in [0.2, 0.25) is 0 Å². The predicted molar refractivity (Wildman–Crippen MR) is 125 cm³/mol. The van der Waals surface area contributed by atoms with E-state index in [1.807, 2.05) is 36.4 Å². The van der Waals surface area contributed by atoms with Gasteiger partial charge in [0.1, 0.15) is 6.54 Å². The van der Waals surface area contributed by atoms with E-state index in [1.165, 1.54) is 24.3 Å². The number of rotatable bonds is 8. The first-order valence-electron chi connectivity index (χ1n) is 10.5. The lowest BCUT2D eigenvalue weighted by molar-refractivity contribution is -0.134. The smallest absolute Gasteiger partial charge is 0.325 e. The van der Waals surface area contributed by atoms with Crippen molar-refractivity contribution in [1.82, 2.24) is 10.2 Å². The highest BCUT2D eigenvalue weighted by molar-refractivity contribution is 7.99. The van der Waals surface area contributed by atoms with Crippen molar-refractivity contribution in [2.24, 2.45) is 0 Å². The molecule has 2 N–H and O–H groups in total. The number of carbonyl (C=O) groups is 3. The lowest BCUT2D eigenvalue weighted by Gasteiger charge is -2.27. The molecule has 3 aromatic rings. The van der Waals surface area contributed by atoms with Crippen molar-refractivity contribution in [3.63, 3.8) is 0 Å². The molecule has 1 atom stereocenters. The summed E-state index contributed by atoms with van der Waals surface area (Å²) in [5.74, 6) is -3.64. The molecule has 3 aromatic carbocycles. The van der Waals surface area contributed by atoms with Crippen LogP contribution in [0.15, 0.2) is 89.8 Å². The summed E-state index contributed by atoms with van der Waals surface area (Å²) in [5, 5.41) is 5.41. The number of amides is 4. The summed E-state index contributed by atoms with van der Waals surface area (Å²) in [6.45, 7) is -0.485. The van der Waals surface area contributed by atoms with Gasteiger partial charge in [-0.15, -0.1) is 0 Å². The summed E-state index contributed by atoms with van der Waals surface area (Å²) in [7, 11) is 0. The zero-order valence-corrected chi connectivity index (χ0v) is 18.7. The van der Waals surface area contributed by atoms with Gasteiger partial charge in [0.25, 0.3) is 11.7 Å². The van der Waals surface area contributed by atoms with Crippen LogP contribution < -0.4 is 10.6 Å². The van der Waals surface area contributed by atoms with Crippen molar-refractivity contribution in [3.8, 4) is 0 Å². The van der Waals surface area contributed by atoms with E-state index in [0.29, 0.717) is 27.9 Å². The molecule has 1 heterocycles. The fourth-order valence-electron chi connectivity index (χ4n) is 3.88. The van der Waals surface area contributed by atoms with E-state index in [4.69, 9.17) is 0 Å². The first-order chi connectivity index (χ1) is 16.4. The van der Waals surface area contributed by atoms with Crippen molar-refractivity contribution in [1.29, 1.82) is 0 Å². The Kier molecular flexibility index (Phi) is 6.93. The average Bonchev–Trinajstić information content (AvgIpc) is 3.06. The first-order valence-corrected chi connectivity index (χ1v) is 11.3. The lowest BCUT2D eigenvalue weighted by Crippen LogP contribution is -2.46. The number of alkyl halides is 2. The second-order valence-electron chi connectivity index (χ2n) is 7.71. The molecule has 1 unspecified atom stereocenters. The van der Waals surface area contributed by atoms with Gasteiger partial charge in [-0.2, -0.15) is 8.78 Å². The molecule has 0 bridgehead atoms. The van der Waals surface area contributed by atoms with Gasteiger partial charge in [0.05, 0.1) is 0 Å². The quantitative estimate of drug-likeness (QED) is 0.363. The number of benzene rings is 3. The topological polar surface area (TPSA) is 78.5 Å². The summed E-state index contributed by atoms with van der Waals surface area (Å²) < 4.78 is 24.9. The molecule has 1 saturated heterocycles. The first kappa shape index (κ1) is 23.4. The summed E-state index contributed by atoms with van der Waals surface area (Å²) in [6.07, 6.45) is 0.226. The third-order valence-electron chi connectivity index (χ3n) is 5.42. The maximum absolute atomic E-state index is 13.6. The Labute approximate surface area is 199 Å². The van der Waals surface area contributed by atoms with Gasteiger partial charge in [-0.3, -0.25) is 14.5 Å². The van der Waals surface area contributed by atoms with E-state index in [2.05, 4.69) is 10.6 Å². The molecule has 0 saturated carbocycles. The van der Waals surface area contributed by atoms with Gasteiger partial charge in [0, 0.05) is 17.0 Å². The molecule has 34 heavy (non-hydrogen) atoms. The molecule has 1 fully saturated rings. The number of thioether (sulfide) groups is 1. The van der Waals surface area contributed by atoms with Crippen molar-refractivity contribution in [2.45, 2.75) is 22.6 Å². The minimum Gasteiger partial charge on any atom is -0.325 e. The molecule has 0 aliphatic carbocycles. The number of hydrogen-bond acceptors (Lipinski definition) is 4. The van der Waals surface area contributed by atoms with Gasteiger partial charge in [-0.25, -0.2) is 4.79 Å². The summed E-state index contributed by atoms with van der Waals surface area (Å²) >= 11 is 0.399. The number of anilines is 1. The fourth-order valence-corrected chi connectivity index (χ4v) is 4.37. The summed E-state index contributed by atoms with van der Waals surface area (Å²) in [6, 6.07) is 23.5. The van der Waals surface area contributed by atoms with E-state index < -0.39 is 35.7 Å². The van der Waals surface area contributed by atoms with Crippen LogP contribution in [0.3, 0.4) is 0 Å². The van der Waals surface area contributed by atoms with Crippen LogP contribution >= 0.6 is 11.8 Å². The summed E-state index contributed by atoms with van der Waals surface area (Å²) in [5.41, 5.74) is 0.503. The van der Waals surface area contributed by atoms with Crippen LogP contribution in [0.25, 0.3) is 0 Å². The van der Waals surface area contributed by atoms with Crippen LogP contribution in [-0.2, 0) is 21.5 Å². The van der Waals surface area contributed by atoms with Gasteiger partial charge in [-0.05, 0) is 35.4 Å². The van der Waals surface area contributed by atoms with Crippen molar-refractivity contribution >= 4 is 35.3 Å². The Balaban J connectivity index is 1.52. The highest BCUT2D eigenvalue weighted by Crippen LogP contribution is 2.33. The van der Waals surface area contributed by atoms with Gasteiger partial charge in [0.2, 0.25) is 5.91 Å². The minimum atomic E-state index is -2.54. The van der Waals surface area contributed by atoms with E-state index in [0.717, 1.165) is 10.5 Å². The second kappa shape index (κ2) is 10.0. The highest BCUT2D eigenvalue weighted by atomic mass is 32.2. The molecule has 6 nitrogen and oxygen atoms in total. The summed E-state index contributed by atoms with van der Waals surface area (Å²) in [4.78, 5) is 40.3. The minimum absolute atomic E-state index is 0.226. The molecule has 4 rings (SSSR count). The standard InChI is InChI=1S/C25H21F2N3O3S/c26-23(27)34-20-13-11-19(12-14-20)28-21(31)16-30-22(32)25(29-24(30)33,18-9-5-2-6-10-18)15-17-7-3-1-4-8-17/h1-14,23H,15-16H2,(H,28,31)(H,29,33). The molecule has 9 heteroatoms. The maximum atomic E-state index is 13.6. The third kappa shape index (κ3) is 5.09. The lowest BCUT2D eigenvalue weighted by atomic mass is 9.83. The van der Waals surface area contributed by atoms with Crippen LogP contribution in [0.1, 0.15) is 11.1 Å². The number of nitrogens with one attached hydrogen (secondary N) is 2. The van der Waals surface area contributed by atoms with E-state index in [1.54, 1.807) is 24.3 Å². The van der Waals surface area contributed by atoms with E-state index in [9.17, 15) is 23.2 Å². The Hall–Kier alpha value is -3.72. The average molecular weight is 482 g/mol. The second-order valence-corrected chi connectivity index (χ2v) is 8.77. The molecule has 0 aromatic heterocycles. The molecule has 174 valence electrons. The van der Waals surface area contributed by atoms with Crippen LogP contribution in [0, 0.1) is 0 Å². The van der Waals surface area contributed by atoms with E-state index >= 15 is 0 Å². The van der Waals surface area contributed by atoms with Crippen LogP contribution in [-0.4, -0.2) is 35.0 Å². The largest absolute Gasteiger partial charge is 0.325 e. The predicted octanol–water partition coefficient (Wildman–Crippen LogP) is 4.63. The zero-order valence-electron chi connectivity index (χ0n) is 17.9. The van der Waals surface area contributed by atoms with Crippen molar-refractivity contribution in [3.05, 3.63) is 96.1 Å². The number of hydrogen-bond donors (Lipinski definition) is 2. The number of halogens is 2. The number of urea groups is 1. The fraction of sp³-hybridized carbons (Fsp3) is 0.160. The molecule has 1 aliphatic heterocycles. The number of nitrogens with zero attached hydrogens (tertiary/aromatic N) is 1. The maximum Gasteiger partial charge on any atom is 0.325 e. The van der Waals surface area contributed by atoms with Gasteiger partial charge in [0.15, 0.2) is 5.54 Å². The van der Waals surface area contributed by atoms with Gasteiger partial charge in [-0.1, -0.05) is 72.4 Å². The SMILES string of the molecule is O=C(CN1C(=O)NC(Cc2ccccc2)(c2ccccc2)C1=O)Nc1ccc(SC(F)F)cc1. The Morgan fingerprint density at radius 2 is 1.56 bits per heavy atom. The highest BCUT2D eigenvalue weighted by Gasteiger charge is 2.52. The van der Waals surface area contributed by atoms with E-state index in [-0.39, 0.29) is 6.42 Å². The molecule has 0 radical (unpaired) electrons. The Bertz CT molecular complexity index is 1180. The monoisotopic (exact) mass is 481 g/mol. The molecular weight excluding hydrogens is 460 g/mol. The molecule has 4 amide bonds. The third-order valence-corrected chi connectivity index (χ3v) is 6.14.